The van der Waals surface area contributed by atoms with Gasteiger partial charge in [0.25, 0.3) is 0 Å². The summed E-state index contributed by atoms with van der Waals surface area (Å²) in [6.45, 7) is 6.58. The summed E-state index contributed by atoms with van der Waals surface area (Å²) in [4.78, 5) is 39.8. The quantitative estimate of drug-likeness (QED) is 0.228. The van der Waals surface area contributed by atoms with Crippen LogP contribution in [0.1, 0.15) is 50.5 Å². The average molecular weight is 564 g/mol. The fourth-order valence-corrected chi connectivity index (χ4v) is 4.51. The first-order valence-corrected chi connectivity index (χ1v) is 13.9. The highest BCUT2D eigenvalue weighted by atomic mass is 32.1. The van der Waals surface area contributed by atoms with Crippen molar-refractivity contribution in [2.45, 2.75) is 70.7 Å². The molecule has 2 rings (SSSR count). The van der Waals surface area contributed by atoms with E-state index in [4.69, 9.17) is 24.7 Å². The van der Waals surface area contributed by atoms with Crippen LogP contribution in [0.15, 0.2) is 47.8 Å². The molecule has 1 aromatic heterocycles. The Balaban J connectivity index is 2.26. The Hall–Kier alpha value is -3.31. The number of nitrogens with one attached hydrogen (secondary N) is 1. The summed E-state index contributed by atoms with van der Waals surface area (Å²) >= 11 is 1.55. The van der Waals surface area contributed by atoms with Gasteiger partial charge in [0.1, 0.15) is 11.7 Å². The Morgan fingerprint density at radius 3 is 2.41 bits per heavy atom. The number of thiophene rings is 1. The van der Waals surface area contributed by atoms with Gasteiger partial charge < -0.3 is 34.9 Å². The highest BCUT2D eigenvalue weighted by Gasteiger charge is 2.30. The van der Waals surface area contributed by atoms with Crippen molar-refractivity contribution in [1.29, 1.82) is 0 Å². The molecule has 1 unspecified atom stereocenters. The van der Waals surface area contributed by atoms with Gasteiger partial charge in [0.05, 0.1) is 25.8 Å². The topological polar surface area (TPSA) is 129 Å². The third-order valence-corrected chi connectivity index (χ3v) is 6.45. The van der Waals surface area contributed by atoms with Crippen LogP contribution >= 0.6 is 11.3 Å². The zero-order valence-corrected chi connectivity index (χ0v) is 24.0. The zero-order chi connectivity index (χ0) is 28.7. The van der Waals surface area contributed by atoms with Crippen LogP contribution in [0.25, 0.3) is 0 Å². The molecule has 2 atom stereocenters. The molecule has 0 saturated heterocycles. The molecule has 11 heteroatoms. The molecule has 0 bridgehead atoms. The molecule has 0 radical (unpaired) electrons. The van der Waals surface area contributed by atoms with Crippen molar-refractivity contribution in [1.82, 2.24) is 10.2 Å². The standard InChI is InChI=1S/C28H41N3O7S/c1-28(2,3)38-26(33)30-23(14-8-9-16-36-25(29)32)24(19-21-11-6-5-7-12-21)37-27(34)31(15-17-35-4)20-22-13-10-18-39-22/h5-7,10-13,18,23-24H,8-9,14-17,19-20H2,1-4H3,(H2,29,32)(H,30,33)/t23-,24?/m0/s1. The molecule has 39 heavy (non-hydrogen) atoms. The van der Waals surface area contributed by atoms with Gasteiger partial charge in [-0.25, -0.2) is 14.4 Å². The molecule has 0 saturated carbocycles. The van der Waals surface area contributed by atoms with Crippen molar-refractivity contribution < 1.29 is 33.3 Å². The lowest BCUT2D eigenvalue weighted by molar-refractivity contribution is 0.0219. The zero-order valence-electron chi connectivity index (χ0n) is 23.2. The molecule has 2 aromatic rings. The predicted octanol–water partition coefficient (Wildman–Crippen LogP) is 5.10. The van der Waals surface area contributed by atoms with Gasteiger partial charge in [0.2, 0.25) is 0 Å². The first-order chi connectivity index (χ1) is 18.6. The minimum atomic E-state index is -0.837. The lowest BCUT2D eigenvalue weighted by Crippen LogP contribution is -2.49. The number of primary amides is 1. The van der Waals surface area contributed by atoms with E-state index >= 15 is 0 Å². The highest BCUT2D eigenvalue weighted by Crippen LogP contribution is 2.19. The molecule has 0 aliphatic rings. The third-order valence-electron chi connectivity index (χ3n) is 5.59. The van der Waals surface area contributed by atoms with Crippen LogP contribution in [-0.2, 0) is 31.9 Å². The number of nitrogens with zero attached hydrogens (tertiary/aromatic N) is 1. The maximum absolute atomic E-state index is 13.5. The number of unbranched alkanes of at least 4 members (excludes halogenated alkanes) is 1. The van der Waals surface area contributed by atoms with Gasteiger partial charge in [-0.1, -0.05) is 36.4 Å². The van der Waals surface area contributed by atoms with E-state index in [1.807, 2.05) is 47.8 Å². The van der Waals surface area contributed by atoms with Crippen LogP contribution in [-0.4, -0.2) is 67.8 Å². The van der Waals surface area contributed by atoms with Crippen LogP contribution in [0.5, 0.6) is 0 Å². The van der Waals surface area contributed by atoms with E-state index in [2.05, 4.69) is 5.32 Å². The minimum Gasteiger partial charge on any atom is -0.450 e. The Morgan fingerprint density at radius 2 is 1.79 bits per heavy atom. The molecular weight excluding hydrogens is 522 g/mol. The van der Waals surface area contributed by atoms with E-state index in [1.54, 1.807) is 44.1 Å². The molecule has 0 aliphatic heterocycles. The third kappa shape index (κ3) is 13.4. The lowest BCUT2D eigenvalue weighted by Gasteiger charge is -2.31. The Morgan fingerprint density at radius 1 is 1.05 bits per heavy atom. The van der Waals surface area contributed by atoms with Crippen LogP contribution in [0, 0.1) is 0 Å². The second-order valence-corrected chi connectivity index (χ2v) is 11.1. The Bertz CT molecular complexity index is 996. The predicted molar refractivity (Wildman–Crippen MR) is 150 cm³/mol. The Kier molecular flexibility index (Phi) is 13.6. The molecule has 0 spiro atoms. The molecule has 3 N–H and O–H groups in total. The minimum absolute atomic E-state index is 0.156. The number of hydrogen-bond acceptors (Lipinski definition) is 8. The van der Waals surface area contributed by atoms with E-state index in [-0.39, 0.29) is 6.61 Å². The summed E-state index contributed by atoms with van der Waals surface area (Å²) < 4.78 is 21.7. The van der Waals surface area contributed by atoms with Crippen LogP contribution in [0.3, 0.4) is 0 Å². The summed E-state index contributed by atoms with van der Waals surface area (Å²) in [7, 11) is 1.58. The summed E-state index contributed by atoms with van der Waals surface area (Å²) in [5.74, 6) is 0. The van der Waals surface area contributed by atoms with Gasteiger partial charge in [-0.05, 0) is 57.0 Å². The smallest absolute Gasteiger partial charge is 0.410 e. The first-order valence-electron chi connectivity index (χ1n) is 13.0. The van der Waals surface area contributed by atoms with E-state index in [1.165, 1.54) is 0 Å². The molecular formula is C28H41N3O7S. The lowest BCUT2D eigenvalue weighted by atomic mass is 9.97. The first kappa shape index (κ1) is 31.9. The SMILES string of the molecule is COCCN(Cc1cccs1)C(=O)OC(Cc1ccccc1)[C@H](CCCCOC(N)=O)NC(=O)OC(C)(C)C. The van der Waals surface area contributed by atoms with E-state index < -0.39 is 36.0 Å². The molecule has 0 aliphatic carbocycles. The van der Waals surface area contributed by atoms with Crippen molar-refractivity contribution in [3.8, 4) is 0 Å². The van der Waals surface area contributed by atoms with Crippen LogP contribution in [0.2, 0.25) is 0 Å². The molecule has 1 heterocycles. The van der Waals surface area contributed by atoms with Gasteiger partial charge >= 0.3 is 18.3 Å². The van der Waals surface area contributed by atoms with Gasteiger partial charge in [-0.2, -0.15) is 0 Å². The van der Waals surface area contributed by atoms with Crippen LogP contribution < -0.4 is 11.1 Å². The van der Waals surface area contributed by atoms with E-state index in [0.717, 1.165) is 10.4 Å². The number of alkyl carbamates (subject to hydrolysis) is 1. The van der Waals surface area contributed by atoms with Gasteiger partial charge in [0, 0.05) is 25.0 Å². The molecule has 10 nitrogen and oxygen atoms in total. The molecule has 1 aromatic carbocycles. The van der Waals surface area contributed by atoms with Crippen molar-refractivity contribution >= 4 is 29.6 Å². The van der Waals surface area contributed by atoms with Crippen molar-refractivity contribution in [3.05, 3.63) is 58.3 Å². The number of hydrogen-bond donors (Lipinski definition) is 2. The number of methoxy groups -OCH3 is 1. The fraction of sp³-hybridized carbons (Fsp3) is 0.536. The van der Waals surface area contributed by atoms with E-state index in [0.29, 0.717) is 45.4 Å². The number of rotatable bonds is 15. The fourth-order valence-electron chi connectivity index (χ4n) is 3.79. The normalized spacial score (nSPS) is 12.7. The number of carbonyl (C=O) groups excluding carboxylic acids is 3. The number of ether oxygens (including phenoxy) is 4. The van der Waals surface area contributed by atoms with Crippen molar-refractivity contribution in [2.75, 3.05) is 26.9 Å². The van der Waals surface area contributed by atoms with Gasteiger partial charge in [0.15, 0.2) is 0 Å². The highest BCUT2D eigenvalue weighted by molar-refractivity contribution is 7.09. The van der Waals surface area contributed by atoms with Gasteiger partial charge in [-0.15, -0.1) is 11.3 Å². The largest absolute Gasteiger partial charge is 0.450 e. The van der Waals surface area contributed by atoms with Crippen molar-refractivity contribution in [3.63, 3.8) is 0 Å². The second-order valence-electron chi connectivity index (χ2n) is 10.0. The van der Waals surface area contributed by atoms with Crippen molar-refractivity contribution in [2.24, 2.45) is 5.73 Å². The summed E-state index contributed by atoms with van der Waals surface area (Å²) in [5, 5.41) is 4.87. The van der Waals surface area contributed by atoms with Gasteiger partial charge in [-0.3, -0.25) is 0 Å². The maximum atomic E-state index is 13.5. The monoisotopic (exact) mass is 563 g/mol. The summed E-state index contributed by atoms with van der Waals surface area (Å²) in [5.41, 5.74) is 5.30. The Labute approximate surface area is 234 Å². The number of benzene rings is 1. The number of nitrogens with two attached hydrogens (primary N) is 1. The second kappa shape index (κ2) is 16.6. The molecule has 216 valence electrons. The molecule has 3 amide bonds. The summed E-state index contributed by atoms with van der Waals surface area (Å²) in [6, 6.07) is 12.9. The average Bonchev–Trinajstić information content (AvgIpc) is 3.38. The maximum Gasteiger partial charge on any atom is 0.410 e. The molecule has 0 fully saturated rings. The summed E-state index contributed by atoms with van der Waals surface area (Å²) in [6.07, 6.45) is -0.705. The van der Waals surface area contributed by atoms with Crippen LogP contribution in [0.4, 0.5) is 14.4 Å². The number of carbonyl (C=O) groups is 3. The number of amides is 3. The van der Waals surface area contributed by atoms with E-state index in [9.17, 15) is 14.4 Å².